The third kappa shape index (κ3) is 2.90. The van der Waals surface area contributed by atoms with Crippen LogP contribution in [0.25, 0.3) is 11.0 Å². The molecule has 3 aromatic rings. The molecule has 1 unspecified atom stereocenters. The fraction of sp³-hybridized carbons (Fsp3) is 0.235. The van der Waals surface area contributed by atoms with E-state index in [1.165, 1.54) is 0 Å². The number of ether oxygens (including phenoxy) is 1. The SMILES string of the molecule is CCOc1cccc(C(N)Cn2cnc3ccccc32)c1. The molecule has 2 aromatic carbocycles. The fourth-order valence-corrected chi connectivity index (χ4v) is 2.47. The topological polar surface area (TPSA) is 53.1 Å². The molecule has 0 amide bonds. The van der Waals surface area contributed by atoms with Crippen LogP contribution in [0.5, 0.6) is 5.75 Å². The Morgan fingerprint density at radius 3 is 2.90 bits per heavy atom. The zero-order valence-corrected chi connectivity index (χ0v) is 12.1. The number of aromatic nitrogens is 2. The summed E-state index contributed by atoms with van der Waals surface area (Å²) in [6.07, 6.45) is 1.84. The Labute approximate surface area is 124 Å². The maximum Gasteiger partial charge on any atom is 0.119 e. The Hall–Kier alpha value is -2.33. The summed E-state index contributed by atoms with van der Waals surface area (Å²) in [7, 11) is 0. The minimum atomic E-state index is -0.0944. The first-order chi connectivity index (χ1) is 10.3. The van der Waals surface area contributed by atoms with Gasteiger partial charge < -0.3 is 15.0 Å². The highest BCUT2D eigenvalue weighted by molar-refractivity contribution is 5.74. The minimum Gasteiger partial charge on any atom is -0.494 e. The summed E-state index contributed by atoms with van der Waals surface area (Å²) in [6.45, 7) is 3.32. The molecule has 0 aliphatic heterocycles. The van der Waals surface area contributed by atoms with Crippen molar-refractivity contribution in [1.29, 1.82) is 0 Å². The maximum absolute atomic E-state index is 6.34. The van der Waals surface area contributed by atoms with Gasteiger partial charge in [0.05, 0.1) is 24.0 Å². The van der Waals surface area contributed by atoms with E-state index in [0.29, 0.717) is 13.2 Å². The zero-order chi connectivity index (χ0) is 14.7. The molecule has 1 heterocycles. The Bertz CT molecular complexity index is 735. The first-order valence-corrected chi connectivity index (χ1v) is 7.16. The molecule has 2 N–H and O–H groups in total. The lowest BCUT2D eigenvalue weighted by atomic mass is 10.1. The Kier molecular flexibility index (Phi) is 3.88. The summed E-state index contributed by atoms with van der Waals surface area (Å²) >= 11 is 0. The third-order valence-corrected chi connectivity index (χ3v) is 3.52. The first kappa shape index (κ1) is 13.6. The second-order valence-electron chi connectivity index (χ2n) is 5.00. The quantitative estimate of drug-likeness (QED) is 0.781. The van der Waals surface area contributed by atoms with Crippen molar-refractivity contribution in [2.45, 2.75) is 19.5 Å². The van der Waals surface area contributed by atoms with Crippen LogP contribution in [0.1, 0.15) is 18.5 Å². The van der Waals surface area contributed by atoms with Gasteiger partial charge in [0.25, 0.3) is 0 Å². The highest BCUT2D eigenvalue weighted by atomic mass is 16.5. The van der Waals surface area contributed by atoms with Crippen LogP contribution in [0.15, 0.2) is 54.9 Å². The highest BCUT2D eigenvalue weighted by Crippen LogP contribution is 2.21. The van der Waals surface area contributed by atoms with Gasteiger partial charge in [-0.05, 0) is 36.8 Å². The fourth-order valence-electron chi connectivity index (χ4n) is 2.47. The van der Waals surface area contributed by atoms with E-state index >= 15 is 0 Å². The standard InChI is InChI=1S/C17H19N3O/c1-2-21-14-7-5-6-13(10-14)15(18)11-20-12-19-16-8-3-4-9-17(16)20/h3-10,12,15H,2,11,18H2,1H3. The maximum atomic E-state index is 6.34. The number of hydrogen-bond acceptors (Lipinski definition) is 3. The predicted octanol–water partition coefficient (Wildman–Crippen LogP) is 3.14. The van der Waals surface area contributed by atoms with Crippen LogP contribution in [0.2, 0.25) is 0 Å². The van der Waals surface area contributed by atoms with E-state index in [-0.39, 0.29) is 6.04 Å². The molecule has 4 heteroatoms. The van der Waals surface area contributed by atoms with E-state index in [9.17, 15) is 0 Å². The summed E-state index contributed by atoms with van der Waals surface area (Å²) in [6, 6.07) is 16.0. The Balaban J connectivity index is 1.82. The van der Waals surface area contributed by atoms with E-state index in [1.54, 1.807) is 0 Å². The Morgan fingerprint density at radius 1 is 1.19 bits per heavy atom. The third-order valence-electron chi connectivity index (χ3n) is 3.52. The van der Waals surface area contributed by atoms with Gasteiger partial charge in [-0.15, -0.1) is 0 Å². The van der Waals surface area contributed by atoms with E-state index < -0.39 is 0 Å². The molecule has 108 valence electrons. The molecule has 0 radical (unpaired) electrons. The average Bonchev–Trinajstić information content (AvgIpc) is 2.91. The van der Waals surface area contributed by atoms with Gasteiger partial charge in [0.2, 0.25) is 0 Å². The van der Waals surface area contributed by atoms with Gasteiger partial charge in [-0.3, -0.25) is 0 Å². The molecular formula is C17H19N3O. The van der Waals surface area contributed by atoms with Gasteiger partial charge in [0.15, 0.2) is 0 Å². The zero-order valence-electron chi connectivity index (χ0n) is 12.1. The lowest BCUT2D eigenvalue weighted by molar-refractivity contribution is 0.339. The van der Waals surface area contributed by atoms with Gasteiger partial charge in [0, 0.05) is 12.6 Å². The summed E-state index contributed by atoms with van der Waals surface area (Å²) in [5.41, 5.74) is 9.51. The summed E-state index contributed by atoms with van der Waals surface area (Å²) in [5, 5.41) is 0. The van der Waals surface area contributed by atoms with E-state index in [0.717, 1.165) is 22.3 Å². The first-order valence-electron chi connectivity index (χ1n) is 7.16. The molecule has 21 heavy (non-hydrogen) atoms. The summed E-state index contributed by atoms with van der Waals surface area (Å²) in [4.78, 5) is 4.40. The smallest absolute Gasteiger partial charge is 0.119 e. The number of para-hydroxylation sites is 2. The van der Waals surface area contributed by atoms with Gasteiger partial charge in [-0.1, -0.05) is 24.3 Å². The average molecular weight is 281 g/mol. The van der Waals surface area contributed by atoms with Gasteiger partial charge >= 0.3 is 0 Å². The van der Waals surface area contributed by atoms with Gasteiger partial charge in [0.1, 0.15) is 5.75 Å². The number of rotatable bonds is 5. The molecule has 0 saturated carbocycles. The molecule has 0 aliphatic rings. The number of fused-ring (bicyclic) bond motifs is 1. The van der Waals surface area contributed by atoms with Crippen molar-refractivity contribution < 1.29 is 4.74 Å². The largest absolute Gasteiger partial charge is 0.494 e. The van der Waals surface area contributed by atoms with Crippen molar-refractivity contribution in [3.05, 3.63) is 60.4 Å². The number of nitrogens with zero attached hydrogens (tertiary/aromatic N) is 2. The van der Waals surface area contributed by atoms with Crippen LogP contribution in [-0.2, 0) is 6.54 Å². The molecule has 0 aliphatic carbocycles. The minimum absolute atomic E-state index is 0.0944. The molecule has 3 rings (SSSR count). The monoisotopic (exact) mass is 281 g/mol. The molecule has 0 fully saturated rings. The highest BCUT2D eigenvalue weighted by Gasteiger charge is 2.10. The number of benzene rings is 2. The number of hydrogen-bond donors (Lipinski definition) is 1. The van der Waals surface area contributed by atoms with Gasteiger partial charge in [-0.2, -0.15) is 0 Å². The second kappa shape index (κ2) is 5.97. The van der Waals surface area contributed by atoms with Crippen molar-refractivity contribution >= 4 is 11.0 Å². The predicted molar refractivity (Wildman–Crippen MR) is 84.3 cm³/mol. The van der Waals surface area contributed by atoms with Crippen LogP contribution >= 0.6 is 0 Å². The lowest BCUT2D eigenvalue weighted by Gasteiger charge is -2.14. The molecule has 0 saturated heterocycles. The van der Waals surface area contributed by atoms with Crippen molar-refractivity contribution in [3.8, 4) is 5.75 Å². The van der Waals surface area contributed by atoms with Crippen LogP contribution in [0, 0.1) is 0 Å². The van der Waals surface area contributed by atoms with E-state index in [1.807, 2.05) is 55.7 Å². The molecule has 0 spiro atoms. The number of imidazole rings is 1. The molecule has 0 bridgehead atoms. The van der Waals surface area contributed by atoms with E-state index in [4.69, 9.17) is 10.5 Å². The molecule has 1 aromatic heterocycles. The lowest BCUT2D eigenvalue weighted by Crippen LogP contribution is -2.17. The van der Waals surface area contributed by atoms with Crippen molar-refractivity contribution in [2.75, 3.05) is 6.61 Å². The molecule has 4 nitrogen and oxygen atoms in total. The van der Waals surface area contributed by atoms with Crippen LogP contribution < -0.4 is 10.5 Å². The Morgan fingerprint density at radius 2 is 2.05 bits per heavy atom. The van der Waals surface area contributed by atoms with Crippen molar-refractivity contribution in [2.24, 2.45) is 5.73 Å². The summed E-state index contributed by atoms with van der Waals surface area (Å²) in [5.74, 6) is 0.862. The molecule has 1 atom stereocenters. The van der Waals surface area contributed by atoms with Crippen LogP contribution in [-0.4, -0.2) is 16.2 Å². The van der Waals surface area contributed by atoms with Crippen molar-refractivity contribution in [1.82, 2.24) is 9.55 Å². The second-order valence-corrected chi connectivity index (χ2v) is 5.00. The molecular weight excluding hydrogens is 262 g/mol. The van der Waals surface area contributed by atoms with E-state index in [2.05, 4.69) is 15.6 Å². The normalized spacial score (nSPS) is 12.5. The van der Waals surface area contributed by atoms with Crippen LogP contribution in [0.4, 0.5) is 0 Å². The number of nitrogens with two attached hydrogens (primary N) is 1. The van der Waals surface area contributed by atoms with Crippen LogP contribution in [0.3, 0.4) is 0 Å². The summed E-state index contributed by atoms with van der Waals surface area (Å²) < 4.78 is 7.62. The van der Waals surface area contributed by atoms with Crippen molar-refractivity contribution in [3.63, 3.8) is 0 Å². The van der Waals surface area contributed by atoms with Gasteiger partial charge in [-0.25, -0.2) is 4.98 Å².